The summed E-state index contributed by atoms with van der Waals surface area (Å²) in [5, 5.41) is 4.53. The predicted molar refractivity (Wildman–Crippen MR) is 103 cm³/mol. The zero-order valence-corrected chi connectivity index (χ0v) is 15.9. The molecule has 2 aliphatic heterocycles. The van der Waals surface area contributed by atoms with Crippen molar-refractivity contribution >= 4 is 17.6 Å². The van der Waals surface area contributed by atoms with Crippen LogP contribution in [-0.2, 0) is 25.9 Å². The van der Waals surface area contributed by atoms with Crippen molar-refractivity contribution in [2.24, 2.45) is 5.73 Å². The van der Waals surface area contributed by atoms with Crippen molar-refractivity contribution < 1.29 is 9.59 Å². The van der Waals surface area contributed by atoms with Crippen LogP contribution in [0.5, 0.6) is 0 Å². The lowest BCUT2D eigenvalue weighted by Crippen LogP contribution is -2.36. The number of carbonyl (C=O) groups excluding carboxylic acids is 2. The molecule has 2 aromatic rings. The first-order valence-electron chi connectivity index (χ1n) is 10.0. The van der Waals surface area contributed by atoms with Gasteiger partial charge in [-0.2, -0.15) is 5.10 Å². The van der Waals surface area contributed by atoms with Crippen LogP contribution in [0.4, 0.5) is 5.82 Å². The minimum atomic E-state index is -0.443. The van der Waals surface area contributed by atoms with E-state index in [9.17, 15) is 9.59 Å². The summed E-state index contributed by atoms with van der Waals surface area (Å²) in [5.41, 5.74) is 9.82. The van der Waals surface area contributed by atoms with E-state index in [1.54, 1.807) is 0 Å². The summed E-state index contributed by atoms with van der Waals surface area (Å²) in [5.74, 6) is 0.230. The molecule has 1 aliphatic carbocycles. The monoisotopic (exact) mass is 380 g/mol. The number of carbonyl (C=O) groups is 2. The Morgan fingerprint density at radius 2 is 1.82 bits per heavy atom. The summed E-state index contributed by atoms with van der Waals surface area (Å²) < 4.78 is 1.90. The number of pyridine rings is 1. The predicted octanol–water partition coefficient (Wildman–Crippen LogP) is 1.12. The zero-order chi connectivity index (χ0) is 19.3. The van der Waals surface area contributed by atoms with E-state index in [-0.39, 0.29) is 5.91 Å². The van der Waals surface area contributed by atoms with Gasteiger partial charge in [0.2, 0.25) is 0 Å². The van der Waals surface area contributed by atoms with E-state index in [4.69, 9.17) is 10.7 Å². The standard InChI is InChI=1S/C20H24N6O2/c21-18(27)15-10-13-4-3-5-16(13)22-19(15)25-8-9-26-14(12-25)11-17(23-26)20(28)24-6-1-2-7-24/h10-11H,1-9,12H2,(H2,21,27). The Labute approximate surface area is 163 Å². The van der Waals surface area contributed by atoms with Gasteiger partial charge in [-0.05, 0) is 49.8 Å². The number of fused-ring (bicyclic) bond motifs is 2. The average Bonchev–Trinajstić information content (AvgIpc) is 3.45. The lowest BCUT2D eigenvalue weighted by molar-refractivity contribution is 0.0785. The number of rotatable bonds is 3. The van der Waals surface area contributed by atoms with E-state index in [0.717, 1.165) is 62.1 Å². The number of likely N-dealkylation sites (tertiary alicyclic amines) is 1. The molecular formula is C20H24N6O2. The lowest BCUT2D eigenvalue weighted by Gasteiger charge is -2.30. The third-order valence-corrected chi connectivity index (χ3v) is 6.01. The molecule has 3 aliphatic rings. The molecule has 0 atom stereocenters. The fraction of sp³-hybridized carbons (Fsp3) is 0.500. The van der Waals surface area contributed by atoms with Crippen molar-refractivity contribution in [2.75, 3.05) is 24.5 Å². The zero-order valence-electron chi connectivity index (χ0n) is 15.9. The molecule has 0 spiro atoms. The minimum absolute atomic E-state index is 0.0134. The highest BCUT2D eigenvalue weighted by molar-refractivity contribution is 5.98. The van der Waals surface area contributed by atoms with Gasteiger partial charge in [0.15, 0.2) is 5.69 Å². The van der Waals surface area contributed by atoms with Crippen molar-refractivity contribution in [1.82, 2.24) is 19.7 Å². The van der Waals surface area contributed by atoms with Gasteiger partial charge in [-0.25, -0.2) is 4.98 Å². The molecule has 146 valence electrons. The van der Waals surface area contributed by atoms with Gasteiger partial charge in [-0.15, -0.1) is 0 Å². The Hall–Kier alpha value is -2.90. The third-order valence-electron chi connectivity index (χ3n) is 6.01. The lowest BCUT2D eigenvalue weighted by atomic mass is 10.1. The summed E-state index contributed by atoms with van der Waals surface area (Å²) >= 11 is 0. The molecule has 0 unspecified atom stereocenters. The first-order chi connectivity index (χ1) is 13.6. The number of amides is 2. The summed E-state index contributed by atoms with van der Waals surface area (Å²) in [6.45, 7) is 3.52. The van der Waals surface area contributed by atoms with Gasteiger partial charge < -0.3 is 15.5 Å². The van der Waals surface area contributed by atoms with Crippen LogP contribution in [0, 0.1) is 0 Å². The number of aromatic nitrogens is 3. The van der Waals surface area contributed by atoms with E-state index >= 15 is 0 Å². The molecule has 2 aromatic heterocycles. The van der Waals surface area contributed by atoms with Crippen molar-refractivity contribution in [3.05, 3.63) is 40.3 Å². The molecule has 8 heteroatoms. The second-order valence-electron chi connectivity index (χ2n) is 7.85. The number of primary amides is 1. The van der Waals surface area contributed by atoms with E-state index < -0.39 is 5.91 Å². The molecule has 0 radical (unpaired) electrons. The van der Waals surface area contributed by atoms with Gasteiger partial charge in [0.05, 0.1) is 24.3 Å². The van der Waals surface area contributed by atoms with E-state index in [1.807, 2.05) is 21.7 Å². The van der Waals surface area contributed by atoms with Crippen LogP contribution in [0.2, 0.25) is 0 Å². The van der Waals surface area contributed by atoms with Crippen LogP contribution < -0.4 is 10.6 Å². The molecule has 0 saturated carbocycles. The van der Waals surface area contributed by atoms with Gasteiger partial charge in [0.25, 0.3) is 11.8 Å². The number of hydrogen-bond donors (Lipinski definition) is 1. The van der Waals surface area contributed by atoms with Crippen molar-refractivity contribution in [2.45, 2.75) is 45.2 Å². The van der Waals surface area contributed by atoms with Crippen LogP contribution in [0.25, 0.3) is 0 Å². The second-order valence-corrected chi connectivity index (χ2v) is 7.85. The topological polar surface area (TPSA) is 97.4 Å². The smallest absolute Gasteiger partial charge is 0.274 e. The van der Waals surface area contributed by atoms with Gasteiger partial charge in [-0.1, -0.05) is 0 Å². The number of aryl methyl sites for hydroxylation is 2. The van der Waals surface area contributed by atoms with Gasteiger partial charge >= 0.3 is 0 Å². The van der Waals surface area contributed by atoms with Crippen LogP contribution in [0.1, 0.15) is 57.1 Å². The fourth-order valence-corrected chi connectivity index (χ4v) is 4.52. The maximum absolute atomic E-state index is 12.7. The molecule has 1 fully saturated rings. The molecule has 8 nitrogen and oxygen atoms in total. The quantitative estimate of drug-likeness (QED) is 0.861. The summed E-state index contributed by atoms with van der Waals surface area (Å²) in [6, 6.07) is 3.80. The first-order valence-corrected chi connectivity index (χ1v) is 10.0. The molecule has 28 heavy (non-hydrogen) atoms. The maximum Gasteiger partial charge on any atom is 0.274 e. The Balaban J connectivity index is 1.43. The van der Waals surface area contributed by atoms with E-state index in [2.05, 4.69) is 10.00 Å². The van der Waals surface area contributed by atoms with E-state index in [0.29, 0.717) is 36.7 Å². The van der Waals surface area contributed by atoms with Crippen LogP contribution in [-0.4, -0.2) is 51.1 Å². The maximum atomic E-state index is 12.7. The van der Waals surface area contributed by atoms with Crippen molar-refractivity contribution in [1.29, 1.82) is 0 Å². The molecular weight excluding hydrogens is 356 g/mol. The highest BCUT2D eigenvalue weighted by atomic mass is 16.2. The Bertz CT molecular complexity index is 960. The van der Waals surface area contributed by atoms with Crippen LogP contribution in [0.15, 0.2) is 12.1 Å². The largest absolute Gasteiger partial charge is 0.365 e. The summed E-state index contributed by atoms with van der Waals surface area (Å²) in [4.78, 5) is 33.4. The second kappa shape index (κ2) is 6.61. The molecule has 0 bridgehead atoms. The Kier molecular flexibility index (Phi) is 4.07. The molecule has 1 saturated heterocycles. The summed E-state index contributed by atoms with van der Waals surface area (Å²) in [7, 11) is 0. The third kappa shape index (κ3) is 2.83. The van der Waals surface area contributed by atoms with Gasteiger partial charge in [0.1, 0.15) is 5.82 Å². The number of anilines is 1. The fourth-order valence-electron chi connectivity index (χ4n) is 4.52. The SMILES string of the molecule is NC(=O)c1cc2c(nc1N1CCn3nc(C(=O)N4CCCC4)cc3C1)CCC2. The van der Waals surface area contributed by atoms with Gasteiger partial charge in [0, 0.05) is 25.3 Å². The number of hydrogen-bond acceptors (Lipinski definition) is 5. The normalized spacial score (nSPS) is 18.3. The molecule has 2 amide bonds. The first kappa shape index (κ1) is 17.2. The van der Waals surface area contributed by atoms with Crippen LogP contribution in [0.3, 0.4) is 0 Å². The summed E-state index contributed by atoms with van der Waals surface area (Å²) in [6.07, 6.45) is 5.10. The van der Waals surface area contributed by atoms with Gasteiger partial charge in [-0.3, -0.25) is 14.3 Å². The molecule has 4 heterocycles. The van der Waals surface area contributed by atoms with Crippen LogP contribution >= 0.6 is 0 Å². The molecule has 5 rings (SSSR count). The molecule has 0 aromatic carbocycles. The highest BCUT2D eigenvalue weighted by Crippen LogP contribution is 2.29. The minimum Gasteiger partial charge on any atom is -0.365 e. The van der Waals surface area contributed by atoms with E-state index in [1.165, 1.54) is 0 Å². The van der Waals surface area contributed by atoms with Crippen molar-refractivity contribution in [3.63, 3.8) is 0 Å². The number of nitrogens with zero attached hydrogens (tertiary/aromatic N) is 5. The Morgan fingerprint density at radius 3 is 2.61 bits per heavy atom. The number of nitrogens with two attached hydrogens (primary N) is 1. The average molecular weight is 380 g/mol. The Morgan fingerprint density at radius 1 is 1.00 bits per heavy atom. The van der Waals surface area contributed by atoms with Crippen molar-refractivity contribution in [3.8, 4) is 0 Å². The highest BCUT2D eigenvalue weighted by Gasteiger charge is 2.28. The molecule has 2 N–H and O–H groups in total.